The van der Waals surface area contributed by atoms with E-state index in [2.05, 4.69) is 0 Å². The molecule has 1 aromatic heterocycles. The zero-order valence-electron chi connectivity index (χ0n) is 11.6. The standard InChI is InChI=1S/C19H12O2S/c20-17(14-10-5-7-12-6-1-2-8-13(12)14)19-18(21)15-9-3-4-11-16(15)22-19/h1-11,21H. The number of aromatic hydroxyl groups is 1. The number of carbonyl (C=O) groups excluding carboxylic acids is 1. The molecule has 22 heavy (non-hydrogen) atoms. The summed E-state index contributed by atoms with van der Waals surface area (Å²) >= 11 is 1.34. The third kappa shape index (κ3) is 1.90. The van der Waals surface area contributed by atoms with Crippen LogP contribution in [0.1, 0.15) is 15.2 Å². The van der Waals surface area contributed by atoms with Gasteiger partial charge in [-0.3, -0.25) is 4.79 Å². The number of thiophene rings is 1. The fourth-order valence-electron chi connectivity index (χ4n) is 2.73. The Bertz CT molecular complexity index is 1010. The highest BCUT2D eigenvalue weighted by atomic mass is 32.1. The number of benzene rings is 3. The van der Waals surface area contributed by atoms with E-state index in [0.29, 0.717) is 10.4 Å². The number of hydrogen-bond acceptors (Lipinski definition) is 3. The van der Waals surface area contributed by atoms with Gasteiger partial charge in [-0.1, -0.05) is 54.6 Å². The maximum absolute atomic E-state index is 12.9. The lowest BCUT2D eigenvalue weighted by molar-refractivity contribution is 0.104. The number of hydrogen-bond donors (Lipinski definition) is 1. The maximum Gasteiger partial charge on any atom is 0.207 e. The van der Waals surface area contributed by atoms with Crippen molar-refractivity contribution in [1.82, 2.24) is 0 Å². The van der Waals surface area contributed by atoms with Gasteiger partial charge in [0.1, 0.15) is 10.6 Å². The molecule has 0 amide bonds. The fraction of sp³-hybridized carbons (Fsp3) is 0. The van der Waals surface area contributed by atoms with Crippen molar-refractivity contribution in [3.05, 3.63) is 77.2 Å². The molecule has 0 atom stereocenters. The molecule has 0 bridgehead atoms. The molecular formula is C19H12O2S. The molecule has 0 spiro atoms. The van der Waals surface area contributed by atoms with Crippen molar-refractivity contribution in [2.45, 2.75) is 0 Å². The molecular weight excluding hydrogens is 292 g/mol. The lowest BCUT2D eigenvalue weighted by Crippen LogP contribution is -1.99. The monoisotopic (exact) mass is 304 g/mol. The van der Waals surface area contributed by atoms with Crippen LogP contribution in [0.5, 0.6) is 5.75 Å². The smallest absolute Gasteiger partial charge is 0.207 e. The van der Waals surface area contributed by atoms with Gasteiger partial charge in [0.25, 0.3) is 0 Å². The fourth-order valence-corrected chi connectivity index (χ4v) is 3.78. The molecule has 0 aliphatic rings. The van der Waals surface area contributed by atoms with Crippen LogP contribution in [-0.4, -0.2) is 10.9 Å². The zero-order chi connectivity index (χ0) is 15.1. The Morgan fingerprint density at radius 1 is 0.818 bits per heavy atom. The normalized spacial score (nSPS) is 11.1. The largest absolute Gasteiger partial charge is 0.506 e. The summed E-state index contributed by atoms with van der Waals surface area (Å²) in [6, 6.07) is 21.0. The Morgan fingerprint density at radius 3 is 2.32 bits per heavy atom. The van der Waals surface area contributed by atoms with Gasteiger partial charge < -0.3 is 5.11 Å². The minimum absolute atomic E-state index is 0.0820. The summed E-state index contributed by atoms with van der Waals surface area (Å²) in [4.78, 5) is 13.3. The van der Waals surface area contributed by atoms with Gasteiger partial charge >= 0.3 is 0 Å². The molecule has 106 valence electrons. The second kappa shape index (κ2) is 4.97. The second-order valence-electron chi connectivity index (χ2n) is 5.13. The average molecular weight is 304 g/mol. The van der Waals surface area contributed by atoms with Gasteiger partial charge in [-0.15, -0.1) is 11.3 Å². The third-order valence-electron chi connectivity index (χ3n) is 3.81. The molecule has 4 rings (SSSR count). The molecule has 4 aromatic rings. The summed E-state index contributed by atoms with van der Waals surface area (Å²) in [6.07, 6.45) is 0. The number of carbonyl (C=O) groups is 1. The average Bonchev–Trinajstić information content (AvgIpc) is 2.91. The van der Waals surface area contributed by atoms with Crippen LogP contribution in [-0.2, 0) is 0 Å². The maximum atomic E-state index is 12.9. The Hall–Kier alpha value is -2.65. The first kappa shape index (κ1) is 13.0. The predicted molar refractivity (Wildman–Crippen MR) is 90.9 cm³/mol. The quantitative estimate of drug-likeness (QED) is 0.530. The topological polar surface area (TPSA) is 37.3 Å². The molecule has 2 nitrogen and oxygen atoms in total. The van der Waals surface area contributed by atoms with Gasteiger partial charge in [0.15, 0.2) is 0 Å². The molecule has 1 heterocycles. The Morgan fingerprint density at radius 2 is 1.50 bits per heavy atom. The van der Waals surface area contributed by atoms with Crippen molar-refractivity contribution >= 4 is 38.0 Å². The minimum atomic E-state index is -0.129. The first-order chi connectivity index (χ1) is 10.8. The van der Waals surface area contributed by atoms with E-state index in [1.54, 1.807) is 0 Å². The zero-order valence-corrected chi connectivity index (χ0v) is 12.4. The van der Waals surface area contributed by atoms with E-state index in [-0.39, 0.29) is 11.5 Å². The highest BCUT2D eigenvalue weighted by molar-refractivity contribution is 7.21. The van der Waals surface area contributed by atoms with Crippen molar-refractivity contribution in [2.24, 2.45) is 0 Å². The lowest BCUT2D eigenvalue weighted by atomic mass is 10.0. The molecule has 3 heteroatoms. The van der Waals surface area contributed by atoms with Crippen molar-refractivity contribution < 1.29 is 9.90 Å². The van der Waals surface area contributed by atoms with Crippen LogP contribution in [0.4, 0.5) is 0 Å². The van der Waals surface area contributed by atoms with Crippen molar-refractivity contribution in [2.75, 3.05) is 0 Å². The van der Waals surface area contributed by atoms with Gasteiger partial charge in [-0.25, -0.2) is 0 Å². The molecule has 3 aromatic carbocycles. The molecule has 0 fully saturated rings. The van der Waals surface area contributed by atoms with Crippen LogP contribution in [0.2, 0.25) is 0 Å². The van der Waals surface area contributed by atoms with Crippen molar-refractivity contribution in [3.63, 3.8) is 0 Å². The van der Waals surface area contributed by atoms with E-state index in [0.717, 1.165) is 20.9 Å². The highest BCUT2D eigenvalue weighted by Crippen LogP contribution is 2.38. The summed E-state index contributed by atoms with van der Waals surface area (Å²) < 4.78 is 0.920. The van der Waals surface area contributed by atoms with Gasteiger partial charge in [0.2, 0.25) is 5.78 Å². The van der Waals surface area contributed by atoms with Crippen LogP contribution in [0.25, 0.3) is 20.9 Å². The number of fused-ring (bicyclic) bond motifs is 2. The van der Waals surface area contributed by atoms with Crippen LogP contribution < -0.4 is 0 Å². The summed E-state index contributed by atoms with van der Waals surface area (Å²) in [5, 5.41) is 13.0. The first-order valence-corrected chi connectivity index (χ1v) is 7.80. The Balaban J connectivity index is 1.94. The third-order valence-corrected chi connectivity index (χ3v) is 4.97. The van der Waals surface area contributed by atoms with Crippen LogP contribution in [0.3, 0.4) is 0 Å². The van der Waals surface area contributed by atoms with Gasteiger partial charge in [0, 0.05) is 15.6 Å². The first-order valence-electron chi connectivity index (χ1n) is 6.98. The van der Waals surface area contributed by atoms with Crippen molar-refractivity contribution in [1.29, 1.82) is 0 Å². The summed E-state index contributed by atoms with van der Waals surface area (Å²) in [5.74, 6) is -0.0472. The van der Waals surface area contributed by atoms with Crippen LogP contribution >= 0.6 is 11.3 Å². The summed E-state index contributed by atoms with van der Waals surface area (Å²) in [6.45, 7) is 0. The van der Waals surface area contributed by atoms with Crippen LogP contribution in [0, 0.1) is 0 Å². The van der Waals surface area contributed by atoms with Crippen molar-refractivity contribution in [3.8, 4) is 5.75 Å². The molecule has 0 saturated heterocycles. The number of rotatable bonds is 2. The lowest BCUT2D eigenvalue weighted by Gasteiger charge is -2.04. The molecule has 0 unspecified atom stereocenters. The Labute approximate surface area is 131 Å². The van der Waals surface area contributed by atoms with E-state index in [4.69, 9.17) is 0 Å². The second-order valence-corrected chi connectivity index (χ2v) is 6.18. The molecule has 0 saturated carbocycles. The van der Waals surface area contributed by atoms with E-state index in [9.17, 15) is 9.90 Å². The van der Waals surface area contributed by atoms with Gasteiger partial charge in [-0.2, -0.15) is 0 Å². The Kier molecular flexibility index (Phi) is 2.94. The summed E-state index contributed by atoms with van der Waals surface area (Å²) in [7, 11) is 0. The molecule has 0 aliphatic carbocycles. The predicted octanol–water partition coefficient (Wildman–Crippen LogP) is 4.99. The highest BCUT2D eigenvalue weighted by Gasteiger charge is 2.20. The number of ketones is 1. The summed E-state index contributed by atoms with van der Waals surface area (Å²) in [5.41, 5.74) is 0.625. The van der Waals surface area contributed by atoms with E-state index >= 15 is 0 Å². The minimum Gasteiger partial charge on any atom is -0.506 e. The van der Waals surface area contributed by atoms with Gasteiger partial charge in [0.05, 0.1) is 0 Å². The van der Waals surface area contributed by atoms with Gasteiger partial charge in [-0.05, 0) is 22.9 Å². The molecule has 1 N–H and O–H groups in total. The molecule has 0 aliphatic heterocycles. The van der Waals surface area contributed by atoms with E-state index in [1.807, 2.05) is 66.7 Å². The van der Waals surface area contributed by atoms with E-state index < -0.39 is 0 Å². The molecule has 0 radical (unpaired) electrons. The van der Waals surface area contributed by atoms with Crippen LogP contribution in [0.15, 0.2) is 66.7 Å². The van der Waals surface area contributed by atoms with E-state index in [1.165, 1.54) is 11.3 Å². The SMILES string of the molecule is O=C(c1sc2ccccc2c1O)c1cccc2ccccc12.